The summed E-state index contributed by atoms with van der Waals surface area (Å²) in [7, 11) is 0. The van der Waals surface area contributed by atoms with Crippen LogP contribution in [0.15, 0.2) is 24.3 Å². The third-order valence-corrected chi connectivity index (χ3v) is 1.92. The first kappa shape index (κ1) is 10.3. The highest BCUT2D eigenvalue weighted by Gasteiger charge is 2.00. The van der Waals surface area contributed by atoms with Crippen LogP contribution in [0.3, 0.4) is 0 Å². The van der Waals surface area contributed by atoms with Crippen LogP contribution in [0, 0.1) is 5.82 Å². The van der Waals surface area contributed by atoms with Gasteiger partial charge in [-0.15, -0.1) is 11.6 Å². The molecule has 0 saturated heterocycles. The van der Waals surface area contributed by atoms with Gasteiger partial charge in [0, 0.05) is 12.2 Å². The molecule has 0 aliphatic rings. The predicted octanol–water partition coefficient (Wildman–Crippen LogP) is 1.84. The molecule has 0 aromatic heterocycles. The van der Waals surface area contributed by atoms with Crippen molar-refractivity contribution in [3.63, 3.8) is 0 Å². The molecule has 0 radical (unpaired) electrons. The van der Waals surface area contributed by atoms with E-state index in [1.807, 2.05) is 0 Å². The van der Waals surface area contributed by atoms with Crippen molar-refractivity contribution in [2.24, 2.45) is 0 Å². The molecule has 0 aliphatic heterocycles. The SMILES string of the molecule is O[C@H](CCl)CNc1ccc(F)cc1. The summed E-state index contributed by atoms with van der Waals surface area (Å²) in [4.78, 5) is 0. The van der Waals surface area contributed by atoms with Gasteiger partial charge in [0.2, 0.25) is 0 Å². The van der Waals surface area contributed by atoms with Crippen molar-refractivity contribution in [1.82, 2.24) is 0 Å². The third-order valence-electron chi connectivity index (χ3n) is 1.56. The summed E-state index contributed by atoms with van der Waals surface area (Å²) < 4.78 is 12.5. The highest BCUT2D eigenvalue weighted by atomic mass is 35.5. The van der Waals surface area contributed by atoms with Crippen LogP contribution in [0.4, 0.5) is 10.1 Å². The monoisotopic (exact) mass is 203 g/mol. The zero-order valence-corrected chi connectivity index (χ0v) is 7.76. The number of alkyl halides is 1. The van der Waals surface area contributed by atoms with Crippen LogP contribution < -0.4 is 5.32 Å². The van der Waals surface area contributed by atoms with E-state index in [4.69, 9.17) is 16.7 Å². The zero-order chi connectivity index (χ0) is 9.68. The Labute approximate surface area is 81.3 Å². The Balaban J connectivity index is 2.41. The van der Waals surface area contributed by atoms with Crippen LogP contribution >= 0.6 is 11.6 Å². The van der Waals surface area contributed by atoms with Gasteiger partial charge in [0.25, 0.3) is 0 Å². The molecule has 0 fully saturated rings. The van der Waals surface area contributed by atoms with Gasteiger partial charge in [0.1, 0.15) is 5.82 Å². The summed E-state index contributed by atoms with van der Waals surface area (Å²) in [5, 5.41) is 12.0. The summed E-state index contributed by atoms with van der Waals surface area (Å²) in [6, 6.07) is 5.93. The van der Waals surface area contributed by atoms with Gasteiger partial charge in [0.05, 0.1) is 12.0 Å². The molecule has 0 amide bonds. The minimum atomic E-state index is -0.577. The smallest absolute Gasteiger partial charge is 0.123 e. The highest BCUT2D eigenvalue weighted by molar-refractivity contribution is 6.18. The fraction of sp³-hybridized carbons (Fsp3) is 0.333. The van der Waals surface area contributed by atoms with Crippen molar-refractivity contribution in [3.8, 4) is 0 Å². The molecule has 1 aromatic rings. The van der Waals surface area contributed by atoms with E-state index >= 15 is 0 Å². The van der Waals surface area contributed by atoms with E-state index in [1.165, 1.54) is 12.1 Å². The first-order valence-electron chi connectivity index (χ1n) is 3.96. The molecule has 1 aromatic carbocycles. The summed E-state index contributed by atoms with van der Waals surface area (Å²) in [5.74, 6) is -0.0859. The average molecular weight is 204 g/mol. The second kappa shape index (κ2) is 5.04. The first-order valence-corrected chi connectivity index (χ1v) is 4.49. The molecule has 0 heterocycles. The fourth-order valence-corrected chi connectivity index (χ4v) is 0.967. The maximum atomic E-state index is 12.5. The number of hydrogen-bond acceptors (Lipinski definition) is 2. The van der Waals surface area contributed by atoms with Gasteiger partial charge < -0.3 is 10.4 Å². The molecule has 0 saturated carbocycles. The van der Waals surface area contributed by atoms with Crippen molar-refractivity contribution in [2.75, 3.05) is 17.7 Å². The molecule has 4 heteroatoms. The summed E-state index contributed by atoms with van der Waals surface area (Å²) >= 11 is 5.39. The maximum absolute atomic E-state index is 12.5. The van der Waals surface area contributed by atoms with Crippen LogP contribution in [0.25, 0.3) is 0 Å². The van der Waals surface area contributed by atoms with E-state index in [0.717, 1.165) is 5.69 Å². The van der Waals surface area contributed by atoms with E-state index in [0.29, 0.717) is 6.54 Å². The summed E-state index contributed by atoms with van der Waals surface area (Å²) in [5.41, 5.74) is 0.769. The van der Waals surface area contributed by atoms with Crippen LogP contribution in [0.1, 0.15) is 0 Å². The Kier molecular flexibility index (Phi) is 3.99. The Hall–Kier alpha value is -0.800. The van der Waals surface area contributed by atoms with Crippen molar-refractivity contribution < 1.29 is 9.50 Å². The minimum absolute atomic E-state index is 0.189. The summed E-state index contributed by atoms with van der Waals surface area (Å²) in [6.45, 7) is 0.370. The predicted molar refractivity (Wildman–Crippen MR) is 51.6 cm³/mol. The molecular formula is C9H11ClFNO. The van der Waals surface area contributed by atoms with Crippen molar-refractivity contribution in [3.05, 3.63) is 30.1 Å². The van der Waals surface area contributed by atoms with Crippen LogP contribution in [0.5, 0.6) is 0 Å². The van der Waals surface area contributed by atoms with Crippen molar-refractivity contribution in [2.45, 2.75) is 6.10 Å². The average Bonchev–Trinajstić information content (AvgIpc) is 2.16. The number of benzene rings is 1. The number of aliphatic hydroxyl groups excluding tert-OH is 1. The van der Waals surface area contributed by atoms with E-state index < -0.39 is 6.10 Å². The Morgan fingerprint density at radius 2 is 2.00 bits per heavy atom. The Morgan fingerprint density at radius 1 is 1.38 bits per heavy atom. The molecule has 1 atom stereocenters. The van der Waals surface area contributed by atoms with Crippen molar-refractivity contribution in [1.29, 1.82) is 0 Å². The molecule has 0 aliphatic carbocycles. The highest BCUT2D eigenvalue weighted by Crippen LogP contribution is 2.07. The van der Waals surface area contributed by atoms with Gasteiger partial charge in [-0.25, -0.2) is 4.39 Å². The molecule has 0 spiro atoms. The molecule has 2 nitrogen and oxygen atoms in total. The molecule has 72 valence electrons. The first-order chi connectivity index (χ1) is 6.22. The van der Waals surface area contributed by atoms with Gasteiger partial charge in [-0.3, -0.25) is 0 Å². The molecular weight excluding hydrogens is 193 g/mol. The number of halogens is 2. The number of rotatable bonds is 4. The Morgan fingerprint density at radius 3 is 2.54 bits per heavy atom. The molecule has 0 unspecified atom stereocenters. The normalized spacial score (nSPS) is 12.5. The van der Waals surface area contributed by atoms with Gasteiger partial charge in [0.15, 0.2) is 0 Å². The standard InChI is InChI=1S/C9H11ClFNO/c10-5-9(13)6-12-8-3-1-7(11)2-4-8/h1-4,9,12-13H,5-6H2/t9-/m1/s1. The van der Waals surface area contributed by atoms with E-state index in [1.54, 1.807) is 12.1 Å². The third kappa shape index (κ3) is 3.61. The van der Waals surface area contributed by atoms with Crippen LogP contribution in [-0.2, 0) is 0 Å². The van der Waals surface area contributed by atoms with Crippen molar-refractivity contribution >= 4 is 17.3 Å². The lowest BCUT2D eigenvalue weighted by molar-refractivity contribution is 0.211. The van der Waals surface area contributed by atoms with Gasteiger partial charge in [-0.1, -0.05) is 0 Å². The fourth-order valence-electron chi connectivity index (χ4n) is 0.858. The topological polar surface area (TPSA) is 32.3 Å². The van der Waals surface area contributed by atoms with E-state index in [2.05, 4.69) is 5.32 Å². The number of nitrogens with one attached hydrogen (secondary N) is 1. The van der Waals surface area contributed by atoms with E-state index in [-0.39, 0.29) is 11.7 Å². The minimum Gasteiger partial charge on any atom is -0.390 e. The second-order valence-electron chi connectivity index (χ2n) is 2.70. The molecule has 1 rings (SSSR count). The van der Waals surface area contributed by atoms with Gasteiger partial charge in [-0.05, 0) is 24.3 Å². The summed E-state index contributed by atoms with van der Waals surface area (Å²) in [6.07, 6.45) is -0.577. The zero-order valence-electron chi connectivity index (χ0n) is 7.00. The van der Waals surface area contributed by atoms with Gasteiger partial charge in [-0.2, -0.15) is 0 Å². The number of aliphatic hydroxyl groups is 1. The largest absolute Gasteiger partial charge is 0.390 e. The lowest BCUT2D eigenvalue weighted by Crippen LogP contribution is -2.20. The molecule has 0 bridgehead atoms. The number of anilines is 1. The Bertz CT molecular complexity index is 252. The molecule has 13 heavy (non-hydrogen) atoms. The molecule has 2 N–H and O–H groups in total. The lowest BCUT2D eigenvalue weighted by Gasteiger charge is -2.09. The van der Waals surface area contributed by atoms with Crippen LogP contribution in [-0.4, -0.2) is 23.6 Å². The maximum Gasteiger partial charge on any atom is 0.123 e. The second-order valence-corrected chi connectivity index (χ2v) is 3.00. The lowest BCUT2D eigenvalue weighted by atomic mass is 10.3. The number of hydrogen-bond donors (Lipinski definition) is 2. The van der Waals surface area contributed by atoms with E-state index in [9.17, 15) is 4.39 Å². The van der Waals surface area contributed by atoms with Crippen LogP contribution in [0.2, 0.25) is 0 Å². The van der Waals surface area contributed by atoms with Gasteiger partial charge >= 0.3 is 0 Å². The quantitative estimate of drug-likeness (QED) is 0.732.